The predicted molar refractivity (Wildman–Crippen MR) is 33.6 cm³/mol. The van der Waals surface area contributed by atoms with Crippen LogP contribution in [0.1, 0.15) is 0 Å². The van der Waals surface area contributed by atoms with E-state index in [0.717, 1.165) is 0 Å². The fourth-order valence-corrected chi connectivity index (χ4v) is 0.639. The van der Waals surface area contributed by atoms with Gasteiger partial charge < -0.3 is 19.5 Å². The molecule has 6 nitrogen and oxygen atoms in total. The van der Waals surface area contributed by atoms with E-state index in [-0.39, 0.29) is 58.0 Å². The van der Waals surface area contributed by atoms with E-state index in [0.29, 0.717) is 0 Å². The van der Waals surface area contributed by atoms with Crippen molar-refractivity contribution in [1.29, 1.82) is 0 Å². The van der Waals surface area contributed by atoms with Crippen LogP contribution in [-0.2, 0) is 14.9 Å². The van der Waals surface area contributed by atoms with Crippen LogP contribution in [0.5, 0.6) is 0 Å². The monoisotopic (exact) mass is 224 g/mol. The number of hydrogen-bond acceptors (Lipinski definition) is 6. The molecule has 0 spiro atoms. The molecule has 0 fully saturated rings. The summed E-state index contributed by atoms with van der Waals surface area (Å²) in [6, 6.07) is 0. The fourth-order valence-electron chi connectivity index (χ4n) is 0.339. The Hall–Kier alpha value is 1.43. The zero-order chi connectivity index (χ0) is 8.91. The van der Waals surface area contributed by atoms with Crippen molar-refractivity contribution >= 4 is 10.1 Å². The molecule has 8 heteroatoms. The van der Waals surface area contributed by atoms with Crippen molar-refractivity contribution in [3.8, 4) is 0 Å². The second kappa shape index (κ2) is 7.80. The van der Waals surface area contributed by atoms with E-state index in [4.69, 9.17) is 10.2 Å². The molecule has 0 aliphatic rings. The summed E-state index contributed by atoms with van der Waals surface area (Å²) in [6.45, 7) is -0.892. The first-order chi connectivity index (χ1) is 4.95. The van der Waals surface area contributed by atoms with E-state index in [1.807, 2.05) is 0 Å². The van der Waals surface area contributed by atoms with E-state index in [1.54, 1.807) is 0 Å². The maximum absolute atomic E-state index is 9.88. The maximum Gasteiger partial charge on any atom is 1.00 e. The van der Waals surface area contributed by atoms with Gasteiger partial charge in [0.2, 0.25) is 0 Å². The zero-order valence-corrected chi connectivity index (χ0v) is 10.6. The molecule has 0 saturated heterocycles. The Morgan fingerprint density at radius 1 is 1.50 bits per heavy atom. The van der Waals surface area contributed by atoms with Crippen molar-refractivity contribution in [3.63, 3.8) is 0 Å². The van der Waals surface area contributed by atoms with Crippen LogP contribution in [0.4, 0.5) is 0 Å². The van der Waals surface area contributed by atoms with Crippen LogP contribution in [-0.4, -0.2) is 48.4 Å². The first kappa shape index (κ1) is 15.9. The second-order valence-electron chi connectivity index (χ2n) is 1.88. The molecule has 0 aliphatic carbocycles. The Morgan fingerprint density at radius 2 is 2.00 bits per heavy atom. The first-order valence-electron chi connectivity index (χ1n) is 2.76. The molecule has 0 aliphatic heterocycles. The molecule has 1 unspecified atom stereocenters. The molecule has 0 saturated carbocycles. The number of aliphatic hydroxyl groups excluding tert-OH is 2. The van der Waals surface area contributed by atoms with Crippen molar-refractivity contribution < 1.29 is 79.3 Å². The van der Waals surface area contributed by atoms with E-state index in [2.05, 4.69) is 4.74 Å². The minimum atomic E-state index is -4.39. The SMILES string of the molecule is O=S(=O)([O-])COCC(O)CO.[K+]. The molecule has 68 valence electrons. The average molecular weight is 224 g/mol. The maximum atomic E-state index is 9.88. The zero-order valence-electron chi connectivity index (χ0n) is 6.63. The van der Waals surface area contributed by atoms with Crippen LogP contribution < -0.4 is 51.4 Å². The number of rotatable bonds is 5. The summed E-state index contributed by atoms with van der Waals surface area (Å²) >= 11 is 0. The first-order valence-corrected chi connectivity index (χ1v) is 4.33. The van der Waals surface area contributed by atoms with Gasteiger partial charge in [-0.1, -0.05) is 0 Å². The van der Waals surface area contributed by atoms with Gasteiger partial charge in [0.1, 0.15) is 22.2 Å². The summed E-state index contributed by atoms with van der Waals surface area (Å²) in [7, 11) is -4.39. The molecule has 0 aromatic heterocycles. The Bertz CT molecular complexity index is 190. The van der Waals surface area contributed by atoms with Crippen LogP contribution in [0, 0.1) is 0 Å². The Kier molecular flexibility index (Phi) is 10.3. The third kappa shape index (κ3) is 11.4. The summed E-state index contributed by atoms with van der Waals surface area (Å²) in [6.07, 6.45) is -1.14. The molecule has 0 amide bonds. The van der Waals surface area contributed by atoms with Gasteiger partial charge in [-0.05, 0) is 0 Å². The van der Waals surface area contributed by atoms with Crippen molar-refractivity contribution in [3.05, 3.63) is 0 Å². The molecular weight excluding hydrogens is 215 g/mol. The summed E-state index contributed by atoms with van der Waals surface area (Å²) in [5.74, 6) is -0.982. The van der Waals surface area contributed by atoms with Gasteiger partial charge in [0.25, 0.3) is 0 Å². The molecule has 0 rings (SSSR count). The van der Waals surface area contributed by atoms with Gasteiger partial charge in [-0.15, -0.1) is 0 Å². The van der Waals surface area contributed by atoms with Crippen molar-refractivity contribution in [2.24, 2.45) is 0 Å². The topological polar surface area (TPSA) is 107 Å². The minimum absolute atomic E-state index is 0. The van der Waals surface area contributed by atoms with E-state index >= 15 is 0 Å². The Balaban J connectivity index is 0. The van der Waals surface area contributed by atoms with Crippen LogP contribution in [0.2, 0.25) is 0 Å². The molecule has 1 atom stereocenters. The third-order valence-electron chi connectivity index (χ3n) is 0.749. The third-order valence-corrected chi connectivity index (χ3v) is 1.20. The molecular formula is C4H9KO6S. The van der Waals surface area contributed by atoms with Crippen molar-refractivity contribution in [1.82, 2.24) is 0 Å². The van der Waals surface area contributed by atoms with Gasteiger partial charge in [0.05, 0.1) is 13.2 Å². The number of hydrogen-bond donors (Lipinski definition) is 2. The Labute approximate surface area is 113 Å². The van der Waals surface area contributed by atoms with Crippen molar-refractivity contribution in [2.45, 2.75) is 6.10 Å². The van der Waals surface area contributed by atoms with E-state index in [9.17, 15) is 13.0 Å². The fraction of sp³-hybridized carbons (Fsp3) is 1.00. The number of aliphatic hydroxyl groups is 2. The number of ether oxygens (including phenoxy) is 1. The van der Waals surface area contributed by atoms with E-state index in [1.165, 1.54) is 0 Å². The summed E-state index contributed by atoms with van der Waals surface area (Å²) in [4.78, 5) is 0. The molecule has 0 heterocycles. The molecule has 0 bridgehead atoms. The van der Waals surface area contributed by atoms with E-state index < -0.39 is 28.8 Å². The molecule has 0 aromatic carbocycles. The normalized spacial score (nSPS) is 13.6. The molecule has 0 aromatic rings. The van der Waals surface area contributed by atoms with Crippen molar-refractivity contribution in [2.75, 3.05) is 19.2 Å². The van der Waals surface area contributed by atoms with Gasteiger partial charge in [-0.2, -0.15) is 0 Å². The smallest absolute Gasteiger partial charge is 0.746 e. The molecule has 0 radical (unpaired) electrons. The predicted octanol–water partition coefficient (Wildman–Crippen LogP) is -5.14. The minimum Gasteiger partial charge on any atom is -0.746 e. The van der Waals surface area contributed by atoms with Crippen LogP contribution >= 0.6 is 0 Å². The van der Waals surface area contributed by atoms with Crippen LogP contribution in [0.15, 0.2) is 0 Å². The Morgan fingerprint density at radius 3 is 2.33 bits per heavy atom. The molecule has 2 N–H and O–H groups in total. The quantitative estimate of drug-likeness (QED) is 0.357. The van der Waals surface area contributed by atoms with Gasteiger partial charge >= 0.3 is 51.4 Å². The van der Waals surface area contributed by atoms with Gasteiger partial charge in [-0.25, -0.2) is 8.42 Å². The molecule has 12 heavy (non-hydrogen) atoms. The van der Waals surface area contributed by atoms with Crippen LogP contribution in [0.25, 0.3) is 0 Å². The summed E-state index contributed by atoms with van der Waals surface area (Å²) < 4.78 is 33.9. The summed E-state index contributed by atoms with van der Waals surface area (Å²) in [5.41, 5.74) is 0. The van der Waals surface area contributed by atoms with Crippen LogP contribution in [0.3, 0.4) is 0 Å². The largest absolute Gasteiger partial charge is 1.00 e. The summed E-state index contributed by atoms with van der Waals surface area (Å²) in [5, 5.41) is 16.8. The van der Waals surface area contributed by atoms with Gasteiger partial charge in [-0.3, -0.25) is 0 Å². The standard InChI is InChI=1S/C4H10O6S.K/c5-1-4(6)2-10-3-11(7,8)9;/h4-6H,1-3H2,(H,7,8,9);/q;+1/p-1. The average Bonchev–Trinajstić information content (AvgIpc) is 1.85. The second-order valence-corrected chi connectivity index (χ2v) is 3.23. The van der Waals surface area contributed by atoms with Gasteiger partial charge in [0, 0.05) is 0 Å². The van der Waals surface area contributed by atoms with Gasteiger partial charge in [0.15, 0.2) is 0 Å².